The third kappa shape index (κ3) is 4.76. The maximum absolute atomic E-state index is 12.7. The molecule has 3 aliphatic rings. The average Bonchev–Trinajstić information content (AvgIpc) is 3.45. The molecule has 3 fully saturated rings. The van der Waals surface area contributed by atoms with Gasteiger partial charge in [0, 0.05) is 24.9 Å². The molecule has 0 unspecified atom stereocenters. The molecule has 0 aromatic heterocycles. The van der Waals surface area contributed by atoms with E-state index < -0.39 is 0 Å². The van der Waals surface area contributed by atoms with Gasteiger partial charge in [-0.05, 0) is 54.6 Å². The second kappa shape index (κ2) is 10.6. The van der Waals surface area contributed by atoms with Crippen LogP contribution in [0.25, 0.3) is 10.8 Å². The number of hydrogen-bond acceptors (Lipinski definition) is 4. The molecule has 0 aliphatic carbocycles. The number of benzene rings is 2. The Morgan fingerprint density at radius 2 is 1.77 bits per heavy atom. The monoisotopic (exact) mass is 467 g/mol. The number of piperidine rings is 1. The lowest BCUT2D eigenvalue weighted by molar-refractivity contribution is -0.131. The van der Waals surface area contributed by atoms with Crippen LogP contribution in [0.15, 0.2) is 42.5 Å². The Hall–Kier alpha value is -0.980. The van der Waals surface area contributed by atoms with Gasteiger partial charge in [0.25, 0.3) is 0 Å². The summed E-state index contributed by atoms with van der Waals surface area (Å²) in [6, 6.07) is 16.0. The summed E-state index contributed by atoms with van der Waals surface area (Å²) in [6.07, 6.45) is 3.40. The van der Waals surface area contributed by atoms with Crippen LogP contribution in [0.1, 0.15) is 30.7 Å². The number of rotatable bonds is 3. The van der Waals surface area contributed by atoms with Gasteiger partial charge in [0.2, 0.25) is 5.91 Å². The summed E-state index contributed by atoms with van der Waals surface area (Å²) in [4.78, 5) is 17.3. The Bertz CT molecular complexity index is 848. The van der Waals surface area contributed by atoms with E-state index in [4.69, 9.17) is 0 Å². The van der Waals surface area contributed by atoms with Crippen molar-refractivity contribution < 1.29 is 4.79 Å². The van der Waals surface area contributed by atoms with Crippen molar-refractivity contribution in [3.05, 3.63) is 48.0 Å². The summed E-state index contributed by atoms with van der Waals surface area (Å²) in [5, 5.41) is 6.27. The van der Waals surface area contributed by atoms with Gasteiger partial charge in [-0.25, -0.2) is 0 Å². The van der Waals surface area contributed by atoms with Crippen LogP contribution in [0, 0.1) is 0 Å². The van der Waals surface area contributed by atoms with Crippen molar-refractivity contribution >= 4 is 53.3 Å². The smallest absolute Gasteiger partial charge is 0.240 e. The maximum atomic E-state index is 12.7. The lowest BCUT2D eigenvalue weighted by Gasteiger charge is -2.36. The number of nitrogens with one attached hydrogen (secondary N) is 1. The second-order valence-electron chi connectivity index (χ2n) is 8.37. The molecule has 0 spiro atoms. The minimum Gasteiger partial charge on any atom is -0.331 e. The van der Waals surface area contributed by atoms with E-state index in [9.17, 15) is 4.79 Å². The summed E-state index contributed by atoms with van der Waals surface area (Å²) in [5.74, 6) is 2.93. The van der Waals surface area contributed by atoms with Crippen LogP contribution in [0.4, 0.5) is 0 Å². The number of carbonyl (C=O) groups is 1. The normalized spacial score (nSPS) is 25.1. The fourth-order valence-electron chi connectivity index (χ4n) is 5.17. The molecule has 0 saturated carbocycles. The molecule has 1 amide bonds. The van der Waals surface area contributed by atoms with Crippen molar-refractivity contribution in [3.8, 4) is 0 Å². The Morgan fingerprint density at radius 1 is 1.00 bits per heavy atom. The predicted octanol–water partition coefficient (Wildman–Crippen LogP) is 4.13. The van der Waals surface area contributed by atoms with Crippen molar-refractivity contribution in [2.24, 2.45) is 0 Å². The van der Waals surface area contributed by atoms with Gasteiger partial charge < -0.3 is 10.2 Å². The van der Waals surface area contributed by atoms with Crippen LogP contribution in [0.3, 0.4) is 0 Å². The van der Waals surface area contributed by atoms with Gasteiger partial charge in [0.1, 0.15) is 0 Å². The van der Waals surface area contributed by atoms with Gasteiger partial charge in [0.15, 0.2) is 0 Å². The first-order chi connectivity index (χ1) is 13.8. The Morgan fingerprint density at radius 3 is 2.53 bits per heavy atom. The summed E-state index contributed by atoms with van der Waals surface area (Å²) in [5.41, 5.74) is 1.52. The van der Waals surface area contributed by atoms with Gasteiger partial charge in [-0.2, -0.15) is 0 Å². The molecule has 3 heterocycles. The molecular weight excluding hydrogens is 437 g/mol. The average molecular weight is 468 g/mol. The van der Waals surface area contributed by atoms with Crippen molar-refractivity contribution in [1.29, 1.82) is 0 Å². The van der Waals surface area contributed by atoms with E-state index in [0.717, 1.165) is 44.2 Å². The number of likely N-dealkylation sites (tertiary alicyclic amines) is 1. The lowest BCUT2D eigenvalue weighted by Crippen LogP contribution is -2.42. The molecule has 0 bridgehead atoms. The summed E-state index contributed by atoms with van der Waals surface area (Å²) < 4.78 is 0. The SMILES string of the molecule is Cl.Cl.O=C([C@@H]1C[C@H](N2CCC(c3cccc4ccccc34)CC2)CN1)N1CCSC1. The second-order valence-corrected chi connectivity index (χ2v) is 9.44. The molecule has 5 rings (SSSR count). The summed E-state index contributed by atoms with van der Waals surface area (Å²) in [7, 11) is 0. The Kier molecular flexibility index (Phi) is 8.33. The van der Waals surface area contributed by atoms with Crippen molar-refractivity contribution in [1.82, 2.24) is 15.1 Å². The van der Waals surface area contributed by atoms with Crippen LogP contribution >= 0.6 is 36.6 Å². The molecule has 3 aliphatic heterocycles. The highest BCUT2D eigenvalue weighted by molar-refractivity contribution is 7.99. The molecule has 0 radical (unpaired) electrons. The molecule has 7 heteroatoms. The molecule has 1 N–H and O–H groups in total. The minimum atomic E-state index is 0. The number of nitrogens with zero attached hydrogens (tertiary/aromatic N) is 2. The van der Waals surface area contributed by atoms with E-state index in [1.54, 1.807) is 0 Å². The zero-order valence-electron chi connectivity index (χ0n) is 17.2. The van der Waals surface area contributed by atoms with Crippen LogP contribution in [0.2, 0.25) is 0 Å². The Labute approximate surface area is 196 Å². The fourth-order valence-corrected chi connectivity index (χ4v) is 6.13. The quantitative estimate of drug-likeness (QED) is 0.735. The van der Waals surface area contributed by atoms with Gasteiger partial charge in [-0.1, -0.05) is 42.5 Å². The molecule has 4 nitrogen and oxygen atoms in total. The molecule has 2 atom stereocenters. The zero-order valence-corrected chi connectivity index (χ0v) is 19.6. The van der Waals surface area contributed by atoms with Gasteiger partial charge >= 0.3 is 0 Å². The summed E-state index contributed by atoms with van der Waals surface area (Å²) >= 11 is 1.86. The summed E-state index contributed by atoms with van der Waals surface area (Å²) in [6.45, 7) is 4.15. The number of carbonyl (C=O) groups excluding carboxylic acids is 1. The number of thioether (sulfide) groups is 1. The fraction of sp³-hybridized carbons (Fsp3) is 0.522. The zero-order chi connectivity index (χ0) is 18.9. The third-order valence-corrected chi connectivity index (χ3v) is 7.74. The van der Waals surface area contributed by atoms with Crippen LogP contribution < -0.4 is 5.32 Å². The van der Waals surface area contributed by atoms with E-state index in [-0.39, 0.29) is 30.9 Å². The number of fused-ring (bicyclic) bond motifs is 1. The standard InChI is InChI=1S/C23H29N3OS.2ClH/c27-23(26-12-13-28-16-26)22-14-19(15-24-22)25-10-8-18(9-11-25)21-7-3-5-17-4-1-2-6-20(17)21;;/h1-7,18-19,22,24H,8-16H2;2*1H/t19-,22-;;/m0../s1. The highest BCUT2D eigenvalue weighted by Gasteiger charge is 2.37. The maximum Gasteiger partial charge on any atom is 0.240 e. The van der Waals surface area contributed by atoms with Crippen molar-refractivity contribution in [2.75, 3.05) is 37.8 Å². The number of amides is 1. The van der Waals surface area contributed by atoms with Crippen LogP contribution in [0.5, 0.6) is 0 Å². The van der Waals surface area contributed by atoms with Gasteiger partial charge in [0.05, 0.1) is 11.9 Å². The molecule has 2 aromatic carbocycles. The molecule has 30 heavy (non-hydrogen) atoms. The van der Waals surface area contributed by atoms with Crippen molar-refractivity contribution in [3.63, 3.8) is 0 Å². The van der Waals surface area contributed by atoms with Gasteiger partial charge in [-0.3, -0.25) is 9.69 Å². The predicted molar refractivity (Wildman–Crippen MR) is 131 cm³/mol. The third-order valence-electron chi connectivity index (χ3n) is 6.78. The van der Waals surface area contributed by atoms with Crippen LogP contribution in [-0.4, -0.2) is 65.6 Å². The van der Waals surface area contributed by atoms with Gasteiger partial charge in [-0.15, -0.1) is 36.6 Å². The van der Waals surface area contributed by atoms with E-state index in [1.165, 1.54) is 29.2 Å². The topological polar surface area (TPSA) is 35.6 Å². The Balaban J connectivity index is 0.00000128. The van der Waals surface area contributed by atoms with Crippen LogP contribution in [-0.2, 0) is 4.79 Å². The first kappa shape index (κ1) is 23.7. The van der Waals surface area contributed by atoms with E-state index in [0.29, 0.717) is 17.9 Å². The minimum absolute atomic E-state index is 0. The number of hydrogen-bond donors (Lipinski definition) is 1. The van der Waals surface area contributed by atoms with E-state index in [2.05, 4.69) is 52.7 Å². The molecular formula is C23H31Cl2N3OS. The first-order valence-electron chi connectivity index (χ1n) is 10.6. The molecule has 164 valence electrons. The first-order valence-corrected chi connectivity index (χ1v) is 11.8. The van der Waals surface area contributed by atoms with E-state index in [1.807, 2.05) is 16.7 Å². The van der Waals surface area contributed by atoms with E-state index >= 15 is 0 Å². The number of halogens is 2. The molecule has 3 saturated heterocycles. The lowest BCUT2D eigenvalue weighted by atomic mass is 9.86. The van der Waals surface area contributed by atoms with Crippen molar-refractivity contribution in [2.45, 2.75) is 37.3 Å². The largest absolute Gasteiger partial charge is 0.331 e. The highest BCUT2D eigenvalue weighted by Crippen LogP contribution is 2.34. The molecule has 2 aromatic rings. The highest BCUT2D eigenvalue weighted by atomic mass is 35.5.